The van der Waals surface area contributed by atoms with E-state index in [0.29, 0.717) is 0 Å². The van der Waals surface area contributed by atoms with Gasteiger partial charge in [0.05, 0.1) is 18.2 Å². The monoisotopic (exact) mass is 224 g/mol. The SMILES string of the molecule is CC(O)c1ccc(N(C)C(C)(C)CO)nc1. The van der Waals surface area contributed by atoms with E-state index < -0.39 is 6.10 Å². The molecule has 1 unspecified atom stereocenters. The third-order valence-electron chi connectivity index (χ3n) is 2.89. The zero-order valence-corrected chi connectivity index (χ0v) is 10.3. The predicted octanol–water partition coefficient (Wildman–Crippen LogP) is 1.34. The lowest BCUT2D eigenvalue weighted by atomic mass is 10.1. The third kappa shape index (κ3) is 2.71. The normalized spacial score (nSPS) is 13.6. The second-order valence-corrected chi connectivity index (χ2v) is 4.66. The summed E-state index contributed by atoms with van der Waals surface area (Å²) in [6.45, 7) is 5.65. The highest BCUT2D eigenvalue weighted by Crippen LogP contribution is 2.21. The lowest BCUT2D eigenvalue weighted by Gasteiger charge is -2.34. The first-order chi connectivity index (χ1) is 7.38. The molecule has 1 aromatic rings. The minimum absolute atomic E-state index is 0.0589. The number of likely N-dealkylation sites (N-methyl/N-ethyl adjacent to an activating group) is 1. The van der Waals surface area contributed by atoms with Crippen LogP contribution in [0.3, 0.4) is 0 Å². The lowest BCUT2D eigenvalue weighted by molar-refractivity contribution is 0.198. The van der Waals surface area contributed by atoms with Gasteiger partial charge in [-0.25, -0.2) is 4.98 Å². The summed E-state index contributed by atoms with van der Waals surface area (Å²) in [5, 5.41) is 18.6. The van der Waals surface area contributed by atoms with Gasteiger partial charge in [-0.05, 0) is 32.4 Å². The van der Waals surface area contributed by atoms with Crippen molar-refractivity contribution in [3.63, 3.8) is 0 Å². The Labute approximate surface area is 96.6 Å². The highest BCUT2D eigenvalue weighted by Gasteiger charge is 2.23. The molecule has 2 N–H and O–H groups in total. The van der Waals surface area contributed by atoms with Crippen LogP contribution < -0.4 is 4.90 Å². The fraction of sp³-hybridized carbons (Fsp3) is 0.583. The summed E-state index contributed by atoms with van der Waals surface area (Å²) in [5.41, 5.74) is 0.443. The Bertz CT molecular complexity index is 333. The number of anilines is 1. The van der Waals surface area contributed by atoms with Gasteiger partial charge in [0, 0.05) is 13.2 Å². The Morgan fingerprint density at radius 3 is 2.44 bits per heavy atom. The van der Waals surface area contributed by atoms with E-state index in [2.05, 4.69) is 4.98 Å². The average Bonchev–Trinajstić information content (AvgIpc) is 2.28. The fourth-order valence-electron chi connectivity index (χ4n) is 1.26. The Hall–Kier alpha value is -1.13. The van der Waals surface area contributed by atoms with Crippen LogP contribution in [-0.4, -0.2) is 34.4 Å². The van der Waals surface area contributed by atoms with Gasteiger partial charge in [-0.15, -0.1) is 0 Å². The molecule has 0 aromatic carbocycles. The summed E-state index contributed by atoms with van der Waals surface area (Å²) in [6, 6.07) is 3.69. The molecular formula is C12H20N2O2. The van der Waals surface area contributed by atoms with E-state index in [0.717, 1.165) is 11.4 Å². The molecule has 4 heteroatoms. The van der Waals surface area contributed by atoms with E-state index in [1.165, 1.54) is 0 Å². The number of hydrogen-bond donors (Lipinski definition) is 2. The van der Waals surface area contributed by atoms with Crippen molar-refractivity contribution in [3.8, 4) is 0 Å². The first kappa shape index (κ1) is 12.9. The summed E-state index contributed by atoms with van der Waals surface area (Å²) in [6.07, 6.45) is 1.15. The van der Waals surface area contributed by atoms with Crippen LogP contribution in [0.5, 0.6) is 0 Å². The molecular weight excluding hydrogens is 204 g/mol. The van der Waals surface area contributed by atoms with Crippen molar-refractivity contribution in [1.82, 2.24) is 4.98 Å². The van der Waals surface area contributed by atoms with Gasteiger partial charge in [0.25, 0.3) is 0 Å². The Balaban J connectivity index is 2.90. The Kier molecular flexibility index (Phi) is 3.88. The van der Waals surface area contributed by atoms with Crippen LogP contribution in [0.4, 0.5) is 5.82 Å². The number of hydrogen-bond acceptors (Lipinski definition) is 4. The molecule has 0 aliphatic heterocycles. The van der Waals surface area contributed by atoms with E-state index in [1.807, 2.05) is 37.9 Å². The second-order valence-electron chi connectivity index (χ2n) is 4.66. The van der Waals surface area contributed by atoms with Gasteiger partial charge in [0.15, 0.2) is 0 Å². The topological polar surface area (TPSA) is 56.6 Å². The molecule has 0 bridgehead atoms. The molecule has 0 amide bonds. The number of aliphatic hydroxyl groups is 2. The van der Waals surface area contributed by atoms with Gasteiger partial charge in [0.1, 0.15) is 5.82 Å². The molecule has 4 nitrogen and oxygen atoms in total. The molecule has 0 saturated heterocycles. The number of rotatable bonds is 4. The first-order valence-electron chi connectivity index (χ1n) is 5.37. The fourth-order valence-corrected chi connectivity index (χ4v) is 1.26. The largest absolute Gasteiger partial charge is 0.394 e. The standard InChI is InChI=1S/C12H20N2O2/c1-9(16)10-5-6-11(13-7-10)14(4)12(2,3)8-15/h5-7,9,15-16H,8H2,1-4H3. The van der Waals surface area contributed by atoms with Crippen molar-refractivity contribution < 1.29 is 10.2 Å². The zero-order chi connectivity index (χ0) is 12.3. The van der Waals surface area contributed by atoms with Crippen molar-refractivity contribution in [1.29, 1.82) is 0 Å². The summed E-state index contributed by atoms with van der Waals surface area (Å²) < 4.78 is 0. The van der Waals surface area contributed by atoms with Gasteiger partial charge >= 0.3 is 0 Å². The van der Waals surface area contributed by atoms with Crippen molar-refractivity contribution >= 4 is 5.82 Å². The number of pyridine rings is 1. The molecule has 90 valence electrons. The van der Waals surface area contributed by atoms with Crippen LogP contribution in [0.25, 0.3) is 0 Å². The van der Waals surface area contributed by atoms with Gasteiger partial charge in [-0.3, -0.25) is 0 Å². The van der Waals surface area contributed by atoms with Crippen LogP contribution in [0.1, 0.15) is 32.4 Å². The van der Waals surface area contributed by atoms with Crippen LogP contribution in [0, 0.1) is 0 Å². The smallest absolute Gasteiger partial charge is 0.128 e. The predicted molar refractivity (Wildman–Crippen MR) is 64.4 cm³/mol. The highest BCUT2D eigenvalue weighted by atomic mass is 16.3. The van der Waals surface area contributed by atoms with Crippen molar-refractivity contribution in [3.05, 3.63) is 23.9 Å². The molecule has 1 atom stereocenters. The minimum atomic E-state index is -0.502. The Morgan fingerprint density at radius 2 is 2.06 bits per heavy atom. The molecule has 0 spiro atoms. The Morgan fingerprint density at radius 1 is 1.44 bits per heavy atom. The molecule has 1 heterocycles. The third-order valence-corrected chi connectivity index (χ3v) is 2.89. The van der Waals surface area contributed by atoms with E-state index in [4.69, 9.17) is 0 Å². The quantitative estimate of drug-likeness (QED) is 0.810. The molecule has 0 fully saturated rings. The highest BCUT2D eigenvalue weighted by molar-refractivity contribution is 5.41. The van der Waals surface area contributed by atoms with E-state index in [9.17, 15) is 10.2 Å². The molecule has 16 heavy (non-hydrogen) atoms. The zero-order valence-electron chi connectivity index (χ0n) is 10.3. The van der Waals surface area contributed by atoms with E-state index in [1.54, 1.807) is 13.1 Å². The summed E-state index contributed by atoms with van der Waals surface area (Å²) in [4.78, 5) is 6.18. The number of aromatic nitrogens is 1. The average molecular weight is 224 g/mol. The van der Waals surface area contributed by atoms with E-state index >= 15 is 0 Å². The number of aliphatic hydroxyl groups excluding tert-OH is 2. The van der Waals surface area contributed by atoms with Crippen molar-refractivity contribution in [2.24, 2.45) is 0 Å². The van der Waals surface area contributed by atoms with Crippen LogP contribution in [0.15, 0.2) is 18.3 Å². The first-order valence-corrected chi connectivity index (χ1v) is 5.37. The number of nitrogens with zero attached hydrogens (tertiary/aromatic N) is 2. The van der Waals surface area contributed by atoms with Gasteiger partial charge in [-0.1, -0.05) is 6.07 Å². The van der Waals surface area contributed by atoms with Gasteiger partial charge in [0.2, 0.25) is 0 Å². The van der Waals surface area contributed by atoms with Crippen LogP contribution in [0.2, 0.25) is 0 Å². The maximum absolute atomic E-state index is 9.37. The lowest BCUT2D eigenvalue weighted by Crippen LogP contribution is -2.44. The molecule has 1 rings (SSSR count). The maximum Gasteiger partial charge on any atom is 0.128 e. The molecule has 1 aromatic heterocycles. The van der Waals surface area contributed by atoms with Crippen LogP contribution >= 0.6 is 0 Å². The summed E-state index contributed by atoms with van der Waals surface area (Å²) in [7, 11) is 1.89. The molecule has 0 saturated carbocycles. The summed E-state index contributed by atoms with van der Waals surface area (Å²) in [5.74, 6) is 0.781. The van der Waals surface area contributed by atoms with Crippen molar-refractivity contribution in [2.75, 3.05) is 18.6 Å². The minimum Gasteiger partial charge on any atom is -0.394 e. The summed E-state index contributed by atoms with van der Waals surface area (Å²) >= 11 is 0. The van der Waals surface area contributed by atoms with Gasteiger partial charge in [-0.2, -0.15) is 0 Å². The van der Waals surface area contributed by atoms with Crippen molar-refractivity contribution in [2.45, 2.75) is 32.4 Å². The molecule has 0 aliphatic carbocycles. The van der Waals surface area contributed by atoms with Gasteiger partial charge < -0.3 is 15.1 Å². The second kappa shape index (κ2) is 4.80. The molecule has 0 radical (unpaired) electrons. The van der Waals surface area contributed by atoms with Crippen LogP contribution in [-0.2, 0) is 0 Å². The maximum atomic E-state index is 9.37. The van der Waals surface area contributed by atoms with E-state index in [-0.39, 0.29) is 12.1 Å². The molecule has 0 aliphatic rings.